The van der Waals surface area contributed by atoms with Gasteiger partial charge in [0.1, 0.15) is 12.1 Å². The van der Waals surface area contributed by atoms with Crippen molar-refractivity contribution in [2.75, 3.05) is 0 Å². The van der Waals surface area contributed by atoms with Crippen molar-refractivity contribution in [1.29, 1.82) is 0 Å². The number of nitro groups is 1. The van der Waals surface area contributed by atoms with Gasteiger partial charge >= 0.3 is 0 Å². The van der Waals surface area contributed by atoms with E-state index in [9.17, 15) is 10.1 Å². The second-order valence-corrected chi connectivity index (χ2v) is 5.50. The highest BCUT2D eigenvalue weighted by molar-refractivity contribution is 5.22. The fourth-order valence-corrected chi connectivity index (χ4v) is 2.97. The van der Waals surface area contributed by atoms with Crippen molar-refractivity contribution in [3.8, 4) is 0 Å². The van der Waals surface area contributed by atoms with Gasteiger partial charge in [-0.25, -0.2) is 0 Å². The molecule has 3 rings (SSSR count). The van der Waals surface area contributed by atoms with Crippen molar-refractivity contribution >= 4 is 0 Å². The monoisotopic (exact) mass is 298 g/mol. The Hall–Kier alpha value is -2.24. The summed E-state index contributed by atoms with van der Waals surface area (Å²) in [6.45, 7) is 2.28. The largest absolute Gasteiger partial charge is 0.287 e. The van der Waals surface area contributed by atoms with E-state index in [0.717, 1.165) is 11.1 Å². The first-order chi connectivity index (χ1) is 10.7. The zero-order chi connectivity index (χ0) is 15.5. The Labute approximate surface area is 129 Å². The van der Waals surface area contributed by atoms with Crippen LogP contribution in [0, 0.1) is 10.1 Å². The predicted molar refractivity (Wildman–Crippen MR) is 82.5 cm³/mol. The van der Waals surface area contributed by atoms with E-state index in [-0.39, 0.29) is 11.0 Å². The third-order valence-electron chi connectivity index (χ3n) is 3.98. The highest BCUT2D eigenvalue weighted by Crippen LogP contribution is 2.37. The number of hydrogen-bond donors (Lipinski definition) is 0. The van der Waals surface area contributed by atoms with Crippen LogP contribution in [0.4, 0.5) is 0 Å². The van der Waals surface area contributed by atoms with Crippen molar-refractivity contribution in [3.63, 3.8) is 0 Å². The molecule has 0 N–H and O–H groups in total. The van der Waals surface area contributed by atoms with Gasteiger partial charge in [-0.05, 0) is 18.1 Å². The number of nitrogens with zero attached hydrogens (tertiary/aromatic N) is 2. The fraction of sp³-hybridized carbons (Fsp3) is 0.294. The van der Waals surface area contributed by atoms with Gasteiger partial charge < -0.3 is 0 Å². The smallest absolute Gasteiger partial charge is 0.262 e. The Kier molecular flexibility index (Phi) is 4.18. The van der Waals surface area contributed by atoms with Crippen molar-refractivity contribution in [2.45, 2.75) is 31.7 Å². The lowest BCUT2D eigenvalue weighted by atomic mass is 9.97. The molecular weight excluding hydrogens is 280 g/mol. The number of rotatable bonds is 4. The molecule has 1 heterocycles. The highest BCUT2D eigenvalue weighted by Gasteiger charge is 2.49. The molecule has 0 saturated carbocycles. The normalized spacial score (nSPS) is 25.2. The Morgan fingerprint density at radius 1 is 1.09 bits per heavy atom. The van der Waals surface area contributed by atoms with Gasteiger partial charge in [-0.15, -0.1) is 0 Å². The molecule has 0 radical (unpaired) electrons. The molecule has 2 aromatic carbocycles. The van der Waals surface area contributed by atoms with Crippen LogP contribution >= 0.6 is 0 Å². The van der Waals surface area contributed by atoms with E-state index in [4.69, 9.17) is 4.84 Å². The summed E-state index contributed by atoms with van der Waals surface area (Å²) < 4.78 is 0. The van der Waals surface area contributed by atoms with Gasteiger partial charge in [-0.3, -0.25) is 15.0 Å². The summed E-state index contributed by atoms with van der Waals surface area (Å²) in [4.78, 5) is 17.1. The third kappa shape index (κ3) is 2.86. The molecule has 22 heavy (non-hydrogen) atoms. The maximum atomic E-state index is 11.5. The Morgan fingerprint density at radius 2 is 1.68 bits per heavy atom. The van der Waals surface area contributed by atoms with E-state index < -0.39 is 12.1 Å². The molecule has 0 bridgehead atoms. The van der Waals surface area contributed by atoms with Crippen LogP contribution in [0.15, 0.2) is 60.7 Å². The quantitative estimate of drug-likeness (QED) is 0.642. The van der Waals surface area contributed by atoms with Gasteiger partial charge in [0.25, 0.3) is 6.04 Å². The minimum absolute atomic E-state index is 0.229. The summed E-state index contributed by atoms with van der Waals surface area (Å²) in [6, 6.07) is 18.2. The Balaban J connectivity index is 1.92. The molecule has 0 aliphatic carbocycles. The Morgan fingerprint density at radius 3 is 2.27 bits per heavy atom. The molecule has 2 aromatic rings. The zero-order valence-corrected chi connectivity index (χ0v) is 12.3. The molecule has 0 amide bonds. The minimum atomic E-state index is -0.772. The van der Waals surface area contributed by atoms with Gasteiger partial charge in [0.15, 0.2) is 0 Å². The van der Waals surface area contributed by atoms with Gasteiger partial charge in [0, 0.05) is 4.92 Å². The lowest BCUT2D eigenvalue weighted by Crippen LogP contribution is -2.33. The van der Waals surface area contributed by atoms with Crippen LogP contribution in [-0.2, 0) is 11.4 Å². The predicted octanol–water partition coefficient (Wildman–Crippen LogP) is 3.21. The van der Waals surface area contributed by atoms with Gasteiger partial charge in [0.2, 0.25) is 0 Å². The average Bonchev–Trinajstić information content (AvgIpc) is 2.85. The van der Waals surface area contributed by atoms with Crippen LogP contribution in [0.3, 0.4) is 0 Å². The van der Waals surface area contributed by atoms with Crippen molar-refractivity contribution in [2.24, 2.45) is 0 Å². The SMILES string of the molecule is C[C@@H]1ON(Cc2ccccc2)[C@@H](c2ccccc2)[C@H]1[N+](=O)[O-]. The highest BCUT2D eigenvalue weighted by atomic mass is 16.7. The first-order valence-electron chi connectivity index (χ1n) is 7.32. The molecule has 1 saturated heterocycles. The minimum Gasteiger partial charge on any atom is -0.287 e. The molecule has 3 atom stereocenters. The summed E-state index contributed by atoms with van der Waals surface area (Å²) in [5, 5.41) is 13.2. The molecule has 0 aromatic heterocycles. The third-order valence-corrected chi connectivity index (χ3v) is 3.98. The van der Waals surface area contributed by atoms with E-state index in [1.54, 1.807) is 12.0 Å². The van der Waals surface area contributed by atoms with Crippen LogP contribution in [0.1, 0.15) is 24.1 Å². The second-order valence-electron chi connectivity index (χ2n) is 5.50. The van der Waals surface area contributed by atoms with Crippen molar-refractivity contribution < 1.29 is 9.76 Å². The Bertz CT molecular complexity index is 633. The van der Waals surface area contributed by atoms with E-state index in [2.05, 4.69) is 0 Å². The molecule has 5 nitrogen and oxygen atoms in total. The summed E-state index contributed by atoms with van der Waals surface area (Å²) in [5.41, 5.74) is 1.98. The topological polar surface area (TPSA) is 55.6 Å². The van der Waals surface area contributed by atoms with Crippen LogP contribution < -0.4 is 0 Å². The van der Waals surface area contributed by atoms with Crippen molar-refractivity contribution in [3.05, 3.63) is 81.9 Å². The molecule has 1 fully saturated rings. The summed E-state index contributed by atoms with van der Waals surface area (Å²) in [7, 11) is 0. The fourth-order valence-electron chi connectivity index (χ4n) is 2.97. The molecule has 5 heteroatoms. The first-order valence-corrected chi connectivity index (χ1v) is 7.32. The van der Waals surface area contributed by atoms with Crippen LogP contribution in [0.2, 0.25) is 0 Å². The first kappa shape index (κ1) is 14.7. The van der Waals surface area contributed by atoms with Gasteiger partial charge in [0.05, 0.1) is 6.54 Å². The zero-order valence-electron chi connectivity index (χ0n) is 12.3. The maximum Gasteiger partial charge on any atom is 0.262 e. The molecule has 0 spiro atoms. The summed E-state index contributed by atoms with van der Waals surface area (Å²) >= 11 is 0. The molecule has 1 aliphatic rings. The van der Waals surface area contributed by atoms with Crippen LogP contribution in [0.5, 0.6) is 0 Å². The lowest BCUT2D eigenvalue weighted by Gasteiger charge is -2.22. The van der Waals surface area contributed by atoms with Gasteiger partial charge in [-0.2, -0.15) is 5.06 Å². The van der Waals surface area contributed by atoms with Crippen LogP contribution in [-0.4, -0.2) is 22.1 Å². The maximum absolute atomic E-state index is 11.5. The van der Waals surface area contributed by atoms with E-state index in [1.807, 2.05) is 60.7 Å². The number of benzene rings is 2. The van der Waals surface area contributed by atoms with E-state index >= 15 is 0 Å². The standard InChI is InChI=1S/C17H18N2O3/c1-13-16(19(20)21)17(15-10-6-3-7-11-15)18(22-13)12-14-8-4-2-5-9-14/h2-11,13,16-17H,12H2,1H3/t13-,16-,17-/m0/s1. The summed E-state index contributed by atoms with van der Waals surface area (Å²) in [6.07, 6.45) is -0.455. The lowest BCUT2D eigenvalue weighted by molar-refractivity contribution is -0.529. The molecule has 1 aliphatic heterocycles. The van der Waals surface area contributed by atoms with Gasteiger partial charge in [-0.1, -0.05) is 60.7 Å². The van der Waals surface area contributed by atoms with E-state index in [0.29, 0.717) is 6.54 Å². The van der Waals surface area contributed by atoms with Crippen LogP contribution in [0.25, 0.3) is 0 Å². The molecule has 0 unspecified atom stereocenters. The van der Waals surface area contributed by atoms with Crippen molar-refractivity contribution in [1.82, 2.24) is 5.06 Å². The average molecular weight is 298 g/mol. The molecule has 114 valence electrons. The molecular formula is C17H18N2O3. The van der Waals surface area contributed by atoms with E-state index in [1.165, 1.54) is 0 Å². The summed E-state index contributed by atoms with van der Waals surface area (Å²) in [5.74, 6) is 0. The second kappa shape index (κ2) is 6.25. The number of hydrogen-bond acceptors (Lipinski definition) is 4. The number of hydroxylamine groups is 2.